The second-order valence-electron chi connectivity index (χ2n) is 7.15. The first-order valence-electron chi connectivity index (χ1n) is 10.2. The Balaban J connectivity index is 2.08. The Bertz CT molecular complexity index is 990. The summed E-state index contributed by atoms with van der Waals surface area (Å²) >= 11 is 0. The van der Waals surface area contributed by atoms with Gasteiger partial charge in [-0.3, -0.25) is 14.6 Å². The number of aliphatic hydroxyl groups excluding tert-OH is 1. The number of aromatic nitrogens is 1. The molecule has 1 amide bonds. The summed E-state index contributed by atoms with van der Waals surface area (Å²) in [4.78, 5) is 33.4. The fourth-order valence-corrected chi connectivity index (χ4v) is 3.76. The average molecular weight is 427 g/mol. The molecule has 0 unspecified atom stereocenters. The molecule has 1 fully saturated rings. The number of ether oxygens (including phenoxy) is 1. The van der Waals surface area contributed by atoms with E-state index < -0.39 is 29.3 Å². The minimum Gasteiger partial charge on any atom is -0.507 e. The zero-order valence-corrected chi connectivity index (χ0v) is 17.8. The molecule has 1 atom stereocenters. The number of carbonyl (C=O) groups is 2. The van der Waals surface area contributed by atoms with Gasteiger partial charge >= 0.3 is 0 Å². The number of hydrogen-bond acceptors (Lipinski definition) is 6. The van der Waals surface area contributed by atoms with E-state index in [0.717, 1.165) is 19.2 Å². The van der Waals surface area contributed by atoms with Crippen molar-refractivity contribution in [2.24, 2.45) is 0 Å². The molecular weight excluding hydrogens is 401 g/mol. The fraction of sp³-hybridized carbons (Fsp3) is 0.348. The Hall–Kier alpha value is -3.26. The third kappa shape index (κ3) is 4.44. The van der Waals surface area contributed by atoms with Gasteiger partial charge < -0.3 is 19.6 Å². The molecule has 8 heteroatoms. The molecule has 3 rings (SSSR count). The van der Waals surface area contributed by atoms with Crippen LogP contribution in [0.15, 0.2) is 48.3 Å². The number of benzene rings is 1. The molecule has 1 saturated heterocycles. The number of carbonyl (C=O) groups excluding carboxylic acids is 2. The summed E-state index contributed by atoms with van der Waals surface area (Å²) in [6.07, 6.45) is 3.12. The molecule has 7 nitrogen and oxygen atoms in total. The molecule has 0 aliphatic carbocycles. The van der Waals surface area contributed by atoms with Gasteiger partial charge in [0.15, 0.2) is 11.6 Å². The van der Waals surface area contributed by atoms with Crippen molar-refractivity contribution in [1.29, 1.82) is 0 Å². The van der Waals surface area contributed by atoms with Crippen molar-refractivity contribution in [3.05, 3.63) is 65.2 Å². The normalized spacial score (nSPS) is 18.1. The number of aliphatic hydroxyl groups is 1. The molecule has 0 radical (unpaired) electrons. The summed E-state index contributed by atoms with van der Waals surface area (Å²) in [6.45, 7) is 6.56. The van der Waals surface area contributed by atoms with Gasteiger partial charge in [0.1, 0.15) is 5.76 Å². The molecule has 2 aromatic rings. The monoisotopic (exact) mass is 427 g/mol. The van der Waals surface area contributed by atoms with Crippen molar-refractivity contribution in [2.45, 2.75) is 19.9 Å². The maximum atomic E-state index is 14.2. The first-order chi connectivity index (χ1) is 14.9. The molecule has 1 aromatic heterocycles. The Kier molecular flexibility index (Phi) is 7.02. The Morgan fingerprint density at radius 1 is 1.19 bits per heavy atom. The van der Waals surface area contributed by atoms with Crippen LogP contribution in [0.2, 0.25) is 0 Å². The van der Waals surface area contributed by atoms with Crippen LogP contribution in [0.3, 0.4) is 0 Å². The third-order valence-electron chi connectivity index (χ3n) is 5.54. The quantitative estimate of drug-likeness (QED) is 0.396. The lowest BCUT2D eigenvalue weighted by Crippen LogP contribution is -2.38. The summed E-state index contributed by atoms with van der Waals surface area (Å²) in [5.41, 5.74) is 0.670. The standard InChI is InChI=1S/C23H26FN3O4/c1-4-26(5-2)12-13-27-20(15-8-10-25-11-9-15)19(22(29)23(27)30)21(28)16-6-7-18(31-3)17(24)14-16/h6-11,14,20,28H,4-5,12-13H2,1-3H3/t20-/m0/s1. The highest BCUT2D eigenvalue weighted by Crippen LogP contribution is 2.39. The highest BCUT2D eigenvalue weighted by Gasteiger charge is 2.46. The first kappa shape index (κ1) is 22.4. The van der Waals surface area contributed by atoms with Crippen molar-refractivity contribution < 1.29 is 23.8 Å². The fourth-order valence-electron chi connectivity index (χ4n) is 3.76. The second-order valence-corrected chi connectivity index (χ2v) is 7.15. The van der Waals surface area contributed by atoms with E-state index in [1.165, 1.54) is 24.1 Å². The number of likely N-dealkylation sites (tertiary alicyclic amines) is 1. The second kappa shape index (κ2) is 9.70. The molecule has 1 aromatic carbocycles. The lowest BCUT2D eigenvalue weighted by atomic mass is 9.96. The van der Waals surface area contributed by atoms with Crippen molar-refractivity contribution >= 4 is 17.4 Å². The number of ketones is 1. The first-order valence-corrected chi connectivity index (χ1v) is 10.2. The summed E-state index contributed by atoms with van der Waals surface area (Å²) < 4.78 is 19.1. The SMILES string of the molecule is CCN(CC)CCN1C(=O)C(=O)C(=C(O)c2ccc(OC)c(F)c2)[C@@H]1c1ccncc1. The Morgan fingerprint density at radius 2 is 1.87 bits per heavy atom. The van der Waals surface area contributed by atoms with Crippen LogP contribution in [0, 0.1) is 5.82 Å². The lowest BCUT2D eigenvalue weighted by molar-refractivity contribution is -0.140. The average Bonchev–Trinajstić information content (AvgIpc) is 3.04. The Morgan fingerprint density at radius 3 is 2.45 bits per heavy atom. The number of rotatable bonds is 8. The number of methoxy groups -OCH3 is 1. The summed E-state index contributed by atoms with van der Waals surface area (Å²) in [6, 6.07) is 6.50. The van der Waals surface area contributed by atoms with Gasteiger partial charge in [-0.1, -0.05) is 13.8 Å². The topological polar surface area (TPSA) is 83.0 Å². The summed E-state index contributed by atoms with van der Waals surface area (Å²) in [5, 5.41) is 11.0. The van der Waals surface area contributed by atoms with Crippen molar-refractivity contribution in [3.8, 4) is 5.75 Å². The Labute approximate surface area is 180 Å². The molecular formula is C23H26FN3O4. The van der Waals surface area contributed by atoms with E-state index in [4.69, 9.17) is 4.74 Å². The van der Waals surface area contributed by atoms with E-state index in [2.05, 4.69) is 9.88 Å². The predicted molar refractivity (Wildman–Crippen MR) is 114 cm³/mol. The molecule has 1 N–H and O–H groups in total. The predicted octanol–water partition coefficient (Wildman–Crippen LogP) is 2.99. The lowest BCUT2D eigenvalue weighted by Gasteiger charge is -2.28. The maximum Gasteiger partial charge on any atom is 0.295 e. The van der Waals surface area contributed by atoms with Crippen LogP contribution in [0.5, 0.6) is 5.75 Å². The molecule has 0 spiro atoms. The largest absolute Gasteiger partial charge is 0.507 e. The molecule has 0 bridgehead atoms. The number of pyridine rings is 1. The summed E-state index contributed by atoms with van der Waals surface area (Å²) in [7, 11) is 1.34. The molecule has 31 heavy (non-hydrogen) atoms. The van der Waals surface area contributed by atoms with Gasteiger partial charge in [0.2, 0.25) is 0 Å². The van der Waals surface area contributed by atoms with Crippen LogP contribution in [-0.4, -0.2) is 64.9 Å². The van der Waals surface area contributed by atoms with Crippen molar-refractivity contribution in [2.75, 3.05) is 33.3 Å². The zero-order valence-electron chi connectivity index (χ0n) is 17.8. The minimum atomic E-state index is -0.796. The van der Waals surface area contributed by atoms with Gasteiger partial charge in [0, 0.05) is 31.0 Å². The van der Waals surface area contributed by atoms with Gasteiger partial charge in [0.25, 0.3) is 11.7 Å². The van der Waals surface area contributed by atoms with Gasteiger partial charge in [-0.2, -0.15) is 0 Å². The zero-order chi connectivity index (χ0) is 22.5. The van der Waals surface area contributed by atoms with Crippen LogP contribution >= 0.6 is 0 Å². The minimum absolute atomic E-state index is 0.0157. The van der Waals surface area contributed by atoms with Crippen LogP contribution in [0.25, 0.3) is 5.76 Å². The van der Waals surface area contributed by atoms with Gasteiger partial charge in [-0.15, -0.1) is 0 Å². The highest BCUT2D eigenvalue weighted by molar-refractivity contribution is 6.46. The van der Waals surface area contributed by atoms with E-state index in [1.807, 2.05) is 13.8 Å². The third-order valence-corrected chi connectivity index (χ3v) is 5.54. The smallest absolute Gasteiger partial charge is 0.295 e. The van der Waals surface area contributed by atoms with Crippen LogP contribution in [0.4, 0.5) is 4.39 Å². The van der Waals surface area contributed by atoms with Crippen molar-refractivity contribution in [1.82, 2.24) is 14.8 Å². The highest BCUT2D eigenvalue weighted by atomic mass is 19.1. The van der Waals surface area contributed by atoms with E-state index in [9.17, 15) is 19.1 Å². The van der Waals surface area contributed by atoms with E-state index >= 15 is 0 Å². The number of likely N-dealkylation sites (N-methyl/N-ethyl adjacent to an activating group) is 1. The number of halogens is 1. The van der Waals surface area contributed by atoms with Crippen LogP contribution in [-0.2, 0) is 9.59 Å². The van der Waals surface area contributed by atoms with E-state index in [0.29, 0.717) is 18.7 Å². The van der Waals surface area contributed by atoms with Gasteiger partial charge in [-0.25, -0.2) is 4.39 Å². The molecule has 0 saturated carbocycles. The van der Waals surface area contributed by atoms with E-state index in [1.54, 1.807) is 24.5 Å². The summed E-state index contributed by atoms with van der Waals surface area (Å²) in [5.74, 6) is -2.57. The van der Waals surface area contributed by atoms with Gasteiger partial charge in [-0.05, 0) is 49.0 Å². The van der Waals surface area contributed by atoms with E-state index in [-0.39, 0.29) is 16.9 Å². The number of Topliss-reactive ketones (excluding diaryl/α,β-unsaturated/α-hetero) is 1. The van der Waals surface area contributed by atoms with Crippen LogP contribution in [0.1, 0.15) is 31.0 Å². The molecule has 2 heterocycles. The van der Waals surface area contributed by atoms with Crippen LogP contribution < -0.4 is 4.74 Å². The van der Waals surface area contributed by atoms with Gasteiger partial charge in [0.05, 0.1) is 18.7 Å². The maximum absolute atomic E-state index is 14.2. The molecule has 1 aliphatic heterocycles. The number of hydrogen-bond donors (Lipinski definition) is 1. The number of amides is 1. The van der Waals surface area contributed by atoms with Crippen molar-refractivity contribution in [3.63, 3.8) is 0 Å². The number of nitrogens with zero attached hydrogens (tertiary/aromatic N) is 3. The molecule has 164 valence electrons. The molecule has 1 aliphatic rings.